The molecule has 1 aliphatic carbocycles. The summed E-state index contributed by atoms with van der Waals surface area (Å²) in [5, 5.41) is 0. The Morgan fingerprint density at radius 3 is 1.78 bits per heavy atom. The van der Waals surface area contributed by atoms with Crippen molar-refractivity contribution < 1.29 is 9.53 Å². The van der Waals surface area contributed by atoms with E-state index in [1.54, 1.807) is 19.4 Å². The van der Waals surface area contributed by atoms with Crippen molar-refractivity contribution in [2.45, 2.75) is 98.8 Å². The van der Waals surface area contributed by atoms with Gasteiger partial charge in [-0.3, -0.25) is 4.79 Å². The Morgan fingerprint density at radius 1 is 0.760 bits per heavy atom. The SMILES string of the molecule is C/C=C(/CCCN(CCC(c1ccccc1)c1ccccc1)C(=C1CC1)c1ccccc1)c1ccccc1C(C)C.CC.CCOC(=O)CC. The van der Waals surface area contributed by atoms with E-state index in [-0.39, 0.29) is 5.97 Å². The second-order valence-corrected chi connectivity index (χ2v) is 12.8. The molecule has 4 aromatic rings. The number of hydrogen-bond donors (Lipinski definition) is 0. The molecule has 0 spiro atoms. The van der Waals surface area contributed by atoms with E-state index < -0.39 is 0 Å². The number of ether oxygens (including phenoxy) is 1. The Morgan fingerprint density at radius 2 is 1.30 bits per heavy atom. The molecule has 266 valence electrons. The number of allylic oxidation sites excluding steroid dienone is 3. The minimum atomic E-state index is -0.123. The first-order valence-electron chi connectivity index (χ1n) is 19.0. The van der Waals surface area contributed by atoms with Crippen molar-refractivity contribution in [1.29, 1.82) is 0 Å². The fourth-order valence-corrected chi connectivity index (χ4v) is 6.47. The van der Waals surface area contributed by atoms with Crippen LogP contribution in [0.1, 0.15) is 127 Å². The van der Waals surface area contributed by atoms with Crippen molar-refractivity contribution in [3.05, 3.63) is 155 Å². The molecule has 5 rings (SSSR count). The van der Waals surface area contributed by atoms with Crippen LogP contribution in [0.2, 0.25) is 0 Å². The average molecular weight is 672 g/mol. The lowest BCUT2D eigenvalue weighted by Gasteiger charge is -2.31. The predicted molar refractivity (Wildman–Crippen MR) is 215 cm³/mol. The molecule has 0 N–H and O–H groups in total. The van der Waals surface area contributed by atoms with Crippen LogP contribution in [0, 0.1) is 0 Å². The maximum atomic E-state index is 10.2. The van der Waals surface area contributed by atoms with Gasteiger partial charge in [0.05, 0.1) is 6.61 Å². The van der Waals surface area contributed by atoms with Crippen LogP contribution in [-0.2, 0) is 9.53 Å². The summed E-state index contributed by atoms with van der Waals surface area (Å²) in [5.41, 5.74) is 11.6. The number of hydrogen-bond acceptors (Lipinski definition) is 3. The zero-order chi connectivity index (χ0) is 36.1. The van der Waals surface area contributed by atoms with Crippen LogP contribution < -0.4 is 0 Å². The molecule has 0 atom stereocenters. The normalized spacial score (nSPS) is 12.0. The Labute approximate surface area is 304 Å². The van der Waals surface area contributed by atoms with Gasteiger partial charge in [-0.2, -0.15) is 0 Å². The highest BCUT2D eigenvalue weighted by molar-refractivity contribution is 5.71. The summed E-state index contributed by atoms with van der Waals surface area (Å²) in [4.78, 5) is 12.9. The van der Waals surface area contributed by atoms with Crippen LogP contribution >= 0.6 is 0 Å². The third kappa shape index (κ3) is 12.5. The van der Waals surface area contributed by atoms with Gasteiger partial charge in [0.2, 0.25) is 0 Å². The highest BCUT2D eigenvalue weighted by atomic mass is 16.5. The van der Waals surface area contributed by atoms with E-state index in [1.165, 1.54) is 51.9 Å². The summed E-state index contributed by atoms with van der Waals surface area (Å²) < 4.78 is 4.55. The number of rotatable bonds is 15. The van der Waals surface area contributed by atoms with E-state index >= 15 is 0 Å². The Bertz CT molecular complexity index is 1540. The molecule has 0 bridgehead atoms. The van der Waals surface area contributed by atoms with Gasteiger partial charge in [-0.1, -0.05) is 156 Å². The van der Waals surface area contributed by atoms with Gasteiger partial charge < -0.3 is 9.64 Å². The quantitative estimate of drug-likeness (QED) is 0.118. The third-order valence-corrected chi connectivity index (χ3v) is 9.04. The second kappa shape index (κ2) is 22.4. The van der Waals surface area contributed by atoms with Crippen molar-refractivity contribution in [3.63, 3.8) is 0 Å². The third-order valence-electron chi connectivity index (χ3n) is 9.04. The monoisotopic (exact) mass is 671 g/mol. The molecular weight excluding hydrogens is 611 g/mol. The van der Waals surface area contributed by atoms with Crippen molar-refractivity contribution in [2.75, 3.05) is 19.7 Å². The molecule has 1 aliphatic rings. The average Bonchev–Trinajstić information content (AvgIpc) is 4.01. The van der Waals surface area contributed by atoms with E-state index in [0.29, 0.717) is 24.9 Å². The smallest absolute Gasteiger partial charge is 0.305 e. The van der Waals surface area contributed by atoms with Gasteiger partial charge in [0, 0.05) is 31.1 Å². The van der Waals surface area contributed by atoms with Gasteiger partial charge in [-0.25, -0.2) is 0 Å². The fraction of sp³-hybridized carbons (Fsp3) is 0.383. The van der Waals surface area contributed by atoms with Crippen molar-refractivity contribution >= 4 is 17.2 Å². The Hall–Kier alpha value is -4.37. The molecule has 3 heteroatoms. The molecule has 0 radical (unpaired) electrons. The summed E-state index contributed by atoms with van der Waals surface area (Å²) in [6, 6.07) is 42.2. The molecule has 0 aliphatic heterocycles. The van der Waals surface area contributed by atoms with E-state index in [2.05, 4.69) is 152 Å². The fourth-order valence-electron chi connectivity index (χ4n) is 6.47. The van der Waals surface area contributed by atoms with E-state index in [1.807, 2.05) is 13.8 Å². The van der Waals surface area contributed by atoms with Crippen LogP contribution in [0.15, 0.2) is 127 Å². The first kappa shape index (κ1) is 40.1. The highest BCUT2D eigenvalue weighted by Crippen LogP contribution is 2.40. The lowest BCUT2D eigenvalue weighted by Crippen LogP contribution is -2.26. The molecule has 50 heavy (non-hydrogen) atoms. The van der Waals surface area contributed by atoms with Crippen LogP contribution in [0.25, 0.3) is 11.3 Å². The first-order chi connectivity index (χ1) is 24.5. The maximum Gasteiger partial charge on any atom is 0.305 e. The van der Waals surface area contributed by atoms with Crippen LogP contribution in [0.3, 0.4) is 0 Å². The summed E-state index contributed by atoms with van der Waals surface area (Å²) in [5.74, 6) is 0.780. The standard InChI is InChI=1S/C40H45N.C5H10O2.C2H6/c1-4-32(39-25-15-14-24-37(39)31(2)3)23-16-29-41(40(36-26-27-36)35-21-12-7-13-22-35)30-28-38(33-17-8-5-9-18-33)34-19-10-6-11-20-34;1-3-5(6)7-4-2;1-2/h4-15,17-22,24-25,31,38H,16,23,26-30H2,1-3H3;3-4H2,1-2H3;1-2H3/b32-4-;;. The minimum absolute atomic E-state index is 0.123. The summed E-state index contributed by atoms with van der Waals surface area (Å²) in [6.07, 6.45) is 8.58. The lowest BCUT2D eigenvalue weighted by atomic mass is 9.88. The molecule has 0 heterocycles. The molecule has 4 aromatic carbocycles. The van der Waals surface area contributed by atoms with Gasteiger partial charge in [0.15, 0.2) is 0 Å². The van der Waals surface area contributed by atoms with Crippen LogP contribution in [-0.4, -0.2) is 30.6 Å². The maximum absolute atomic E-state index is 10.2. The predicted octanol–water partition coefficient (Wildman–Crippen LogP) is 12.7. The Kier molecular flexibility index (Phi) is 17.9. The highest BCUT2D eigenvalue weighted by Gasteiger charge is 2.25. The van der Waals surface area contributed by atoms with Crippen LogP contribution in [0.4, 0.5) is 0 Å². The summed E-state index contributed by atoms with van der Waals surface area (Å²) >= 11 is 0. The van der Waals surface area contributed by atoms with Gasteiger partial charge in [0.1, 0.15) is 0 Å². The number of nitrogens with zero attached hydrogens (tertiary/aromatic N) is 1. The second-order valence-electron chi connectivity index (χ2n) is 12.8. The van der Waals surface area contributed by atoms with Crippen molar-refractivity contribution in [2.24, 2.45) is 0 Å². The topological polar surface area (TPSA) is 29.5 Å². The van der Waals surface area contributed by atoms with E-state index in [0.717, 1.165) is 32.4 Å². The summed E-state index contributed by atoms with van der Waals surface area (Å²) in [7, 11) is 0. The number of benzene rings is 4. The molecule has 0 saturated heterocycles. The zero-order valence-corrected chi connectivity index (χ0v) is 31.8. The first-order valence-corrected chi connectivity index (χ1v) is 19.0. The van der Waals surface area contributed by atoms with Gasteiger partial charge in [-0.15, -0.1) is 0 Å². The van der Waals surface area contributed by atoms with Gasteiger partial charge >= 0.3 is 5.97 Å². The number of carbonyl (C=O) groups excluding carboxylic acids is 1. The molecule has 1 fully saturated rings. The number of esters is 1. The summed E-state index contributed by atoms with van der Waals surface area (Å²) in [6.45, 7) is 17.0. The van der Waals surface area contributed by atoms with E-state index in [4.69, 9.17) is 0 Å². The van der Waals surface area contributed by atoms with Crippen LogP contribution in [0.5, 0.6) is 0 Å². The largest absolute Gasteiger partial charge is 0.466 e. The molecule has 0 aromatic heterocycles. The molecule has 3 nitrogen and oxygen atoms in total. The molecule has 0 amide bonds. The molecule has 1 saturated carbocycles. The van der Waals surface area contributed by atoms with Crippen molar-refractivity contribution in [3.8, 4) is 0 Å². The van der Waals surface area contributed by atoms with Crippen molar-refractivity contribution in [1.82, 2.24) is 4.90 Å². The number of carbonyl (C=O) groups is 1. The van der Waals surface area contributed by atoms with Gasteiger partial charge in [0.25, 0.3) is 0 Å². The van der Waals surface area contributed by atoms with Gasteiger partial charge in [-0.05, 0) is 90.8 Å². The molecule has 0 unspecified atom stereocenters. The Balaban J connectivity index is 0.000000671. The zero-order valence-electron chi connectivity index (χ0n) is 31.8. The minimum Gasteiger partial charge on any atom is -0.466 e. The lowest BCUT2D eigenvalue weighted by molar-refractivity contribution is -0.142. The molecular formula is C47H61NO2. The van der Waals surface area contributed by atoms with E-state index in [9.17, 15) is 4.79 Å².